The topological polar surface area (TPSA) is 97.4 Å². The van der Waals surface area contributed by atoms with Crippen LogP contribution in [0.2, 0.25) is 0 Å². The number of nitrogens with one attached hydrogen (secondary N) is 2. The molecule has 0 aliphatic heterocycles. The fourth-order valence-corrected chi connectivity index (χ4v) is 4.06. The minimum absolute atomic E-state index is 0.0371. The minimum atomic E-state index is -3.64. The van der Waals surface area contributed by atoms with Crippen molar-refractivity contribution in [1.29, 1.82) is 0 Å². The Kier molecular flexibility index (Phi) is 6.40. The SMILES string of the molecule is CCNS(=O)(=O)c1cccc(C(=O)Nc2ccccc2OCc2cscn2)c1. The van der Waals surface area contributed by atoms with E-state index in [0.29, 0.717) is 11.4 Å². The van der Waals surface area contributed by atoms with Gasteiger partial charge < -0.3 is 10.1 Å². The van der Waals surface area contributed by atoms with Crippen LogP contribution in [-0.4, -0.2) is 25.9 Å². The maximum absolute atomic E-state index is 12.6. The van der Waals surface area contributed by atoms with Gasteiger partial charge in [0, 0.05) is 17.5 Å². The lowest BCUT2D eigenvalue weighted by Crippen LogP contribution is -2.23. The van der Waals surface area contributed by atoms with Crippen molar-refractivity contribution < 1.29 is 17.9 Å². The van der Waals surface area contributed by atoms with E-state index >= 15 is 0 Å². The number of hydrogen-bond acceptors (Lipinski definition) is 6. The lowest BCUT2D eigenvalue weighted by molar-refractivity contribution is 0.102. The number of amides is 1. The smallest absolute Gasteiger partial charge is 0.255 e. The Balaban J connectivity index is 1.76. The number of hydrogen-bond donors (Lipinski definition) is 2. The molecule has 0 saturated carbocycles. The molecule has 3 aromatic rings. The molecule has 0 atom stereocenters. The number of benzene rings is 2. The first-order chi connectivity index (χ1) is 13.5. The maximum atomic E-state index is 12.6. The van der Waals surface area contributed by atoms with E-state index in [9.17, 15) is 13.2 Å². The third kappa shape index (κ3) is 4.94. The number of para-hydroxylation sites is 2. The van der Waals surface area contributed by atoms with Crippen LogP contribution < -0.4 is 14.8 Å². The molecule has 28 heavy (non-hydrogen) atoms. The predicted molar refractivity (Wildman–Crippen MR) is 108 cm³/mol. The van der Waals surface area contributed by atoms with Crippen molar-refractivity contribution in [3.63, 3.8) is 0 Å². The highest BCUT2D eigenvalue weighted by atomic mass is 32.2. The minimum Gasteiger partial charge on any atom is -0.485 e. The van der Waals surface area contributed by atoms with Crippen molar-refractivity contribution in [3.05, 3.63) is 70.7 Å². The summed E-state index contributed by atoms with van der Waals surface area (Å²) in [4.78, 5) is 16.8. The summed E-state index contributed by atoms with van der Waals surface area (Å²) >= 11 is 1.48. The van der Waals surface area contributed by atoms with Crippen molar-refractivity contribution in [2.45, 2.75) is 18.4 Å². The molecule has 0 unspecified atom stereocenters. The van der Waals surface area contributed by atoms with Gasteiger partial charge in [-0.15, -0.1) is 11.3 Å². The van der Waals surface area contributed by atoms with E-state index in [1.165, 1.54) is 29.5 Å². The summed E-state index contributed by atoms with van der Waals surface area (Å²) in [5.41, 5.74) is 3.24. The molecular formula is C19H19N3O4S2. The Morgan fingerprint density at radius 2 is 2.00 bits per heavy atom. The summed E-state index contributed by atoms with van der Waals surface area (Å²) in [5.74, 6) is 0.0681. The van der Waals surface area contributed by atoms with Crippen LogP contribution in [0, 0.1) is 0 Å². The van der Waals surface area contributed by atoms with Crippen LogP contribution in [0.4, 0.5) is 5.69 Å². The lowest BCUT2D eigenvalue weighted by atomic mass is 10.2. The standard InChI is InChI=1S/C19H19N3O4S2/c1-2-21-28(24,25)16-7-5-6-14(10-16)19(23)22-17-8-3-4-9-18(17)26-11-15-12-27-13-20-15/h3-10,12-13,21H,2,11H2,1H3,(H,22,23). The molecule has 0 saturated heterocycles. The van der Waals surface area contributed by atoms with Crippen LogP contribution in [-0.2, 0) is 16.6 Å². The van der Waals surface area contributed by atoms with Crippen LogP contribution in [0.15, 0.2) is 64.3 Å². The fraction of sp³-hybridized carbons (Fsp3) is 0.158. The van der Waals surface area contributed by atoms with E-state index in [1.807, 2.05) is 5.38 Å². The van der Waals surface area contributed by atoms with Gasteiger partial charge in [0.2, 0.25) is 10.0 Å². The third-order valence-corrected chi connectivity index (χ3v) is 5.91. The van der Waals surface area contributed by atoms with Gasteiger partial charge in [-0.3, -0.25) is 4.79 Å². The molecule has 0 spiro atoms. The monoisotopic (exact) mass is 417 g/mol. The number of aromatic nitrogens is 1. The van der Waals surface area contributed by atoms with E-state index in [0.717, 1.165) is 5.69 Å². The zero-order chi connectivity index (χ0) is 20.0. The molecule has 0 radical (unpaired) electrons. The molecule has 9 heteroatoms. The lowest BCUT2D eigenvalue weighted by Gasteiger charge is -2.12. The second-order valence-electron chi connectivity index (χ2n) is 5.75. The summed E-state index contributed by atoms with van der Waals surface area (Å²) < 4.78 is 32.5. The normalized spacial score (nSPS) is 11.2. The highest BCUT2D eigenvalue weighted by molar-refractivity contribution is 7.89. The van der Waals surface area contributed by atoms with Crippen molar-refractivity contribution in [2.24, 2.45) is 0 Å². The number of thiazole rings is 1. The molecule has 2 N–H and O–H groups in total. The Hall–Kier alpha value is -2.75. The molecular weight excluding hydrogens is 398 g/mol. The Bertz CT molecular complexity index is 1050. The van der Waals surface area contributed by atoms with Crippen molar-refractivity contribution in [3.8, 4) is 5.75 Å². The quantitative estimate of drug-likeness (QED) is 0.586. The maximum Gasteiger partial charge on any atom is 0.255 e. The molecule has 7 nitrogen and oxygen atoms in total. The van der Waals surface area contributed by atoms with Crippen LogP contribution >= 0.6 is 11.3 Å². The third-order valence-electron chi connectivity index (χ3n) is 3.74. The van der Waals surface area contributed by atoms with Crippen LogP contribution in [0.5, 0.6) is 5.75 Å². The van der Waals surface area contributed by atoms with Crippen LogP contribution in [0.1, 0.15) is 23.0 Å². The first-order valence-corrected chi connectivity index (χ1v) is 10.9. The van der Waals surface area contributed by atoms with Crippen molar-refractivity contribution >= 4 is 33.0 Å². The molecule has 1 amide bonds. The summed E-state index contributed by atoms with van der Waals surface area (Å²) in [6.07, 6.45) is 0. The van der Waals surface area contributed by atoms with Crippen molar-refractivity contribution in [1.82, 2.24) is 9.71 Å². The zero-order valence-electron chi connectivity index (χ0n) is 15.1. The van der Waals surface area contributed by atoms with Gasteiger partial charge in [0.15, 0.2) is 0 Å². The van der Waals surface area contributed by atoms with Crippen molar-refractivity contribution in [2.75, 3.05) is 11.9 Å². The average Bonchev–Trinajstić information content (AvgIpc) is 3.21. The summed E-state index contributed by atoms with van der Waals surface area (Å²) in [6.45, 7) is 2.24. The van der Waals surface area contributed by atoms with E-state index in [-0.39, 0.29) is 23.6 Å². The number of sulfonamides is 1. The van der Waals surface area contributed by atoms with Gasteiger partial charge in [0.05, 0.1) is 21.8 Å². The van der Waals surface area contributed by atoms with E-state index in [1.54, 1.807) is 42.8 Å². The fourth-order valence-electron chi connectivity index (χ4n) is 2.43. The second kappa shape index (κ2) is 8.96. The van der Waals surface area contributed by atoms with Gasteiger partial charge in [-0.2, -0.15) is 0 Å². The molecule has 1 aromatic heterocycles. The number of ether oxygens (including phenoxy) is 1. The number of nitrogens with zero attached hydrogens (tertiary/aromatic N) is 1. The number of carbonyl (C=O) groups is 1. The Labute approximate surface area is 167 Å². The van der Waals surface area contributed by atoms with E-state index < -0.39 is 15.9 Å². The van der Waals surface area contributed by atoms with Gasteiger partial charge in [0.1, 0.15) is 12.4 Å². The summed E-state index contributed by atoms with van der Waals surface area (Å²) in [7, 11) is -3.64. The number of carbonyl (C=O) groups excluding carboxylic acids is 1. The van der Waals surface area contributed by atoms with Gasteiger partial charge in [-0.1, -0.05) is 25.1 Å². The first-order valence-electron chi connectivity index (χ1n) is 8.49. The molecule has 146 valence electrons. The van der Waals surface area contributed by atoms with Crippen LogP contribution in [0.25, 0.3) is 0 Å². The van der Waals surface area contributed by atoms with Gasteiger partial charge >= 0.3 is 0 Å². The Morgan fingerprint density at radius 3 is 2.75 bits per heavy atom. The van der Waals surface area contributed by atoms with E-state index in [4.69, 9.17) is 4.74 Å². The largest absolute Gasteiger partial charge is 0.485 e. The molecule has 2 aromatic carbocycles. The molecule has 0 aliphatic carbocycles. The number of rotatable bonds is 8. The second-order valence-corrected chi connectivity index (χ2v) is 8.23. The summed E-state index contributed by atoms with van der Waals surface area (Å²) in [5, 5.41) is 4.66. The zero-order valence-corrected chi connectivity index (χ0v) is 16.7. The average molecular weight is 418 g/mol. The Morgan fingerprint density at radius 1 is 1.18 bits per heavy atom. The molecule has 0 fully saturated rings. The molecule has 0 bridgehead atoms. The highest BCUT2D eigenvalue weighted by Crippen LogP contribution is 2.25. The summed E-state index contributed by atoms with van der Waals surface area (Å²) in [6, 6.07) is 12.9. The highest BCUT2D eigenvalue weighted by Gasteiger charge is 2.16. The molecule has 1 heterocycles. The first kappa shape index (κ1) is 20.0. The van der Waals surface area contributed by atoms with Gasteiger partial charge in [-0.25, -0.2) is 18.1 Å². The molecule has 0 aliphatic rings. The van der Waals surface area contributed by atoms with E-state index in [2.05, 4.69) is 15.0 Å². The predicted octanol–water partition coefficient (Wildman–Crippen LogP) is 3.27. The van der Waals surface area contributed by atoms with Crippen LogP contribution in [0.3, 0.4) is 0 Å². The molecule has 3 rings (SSSR count). The number of anilines is 1. The van der Waals surface area contributed by atoms with Gasteiger partial charge in [-0.05, 0) is 30.3 Å². The van der Waals surface area contributed by atoms with Gasteiger partial charge in [0.25, 0.3) is 5.91 Å².